The predicted molar refractivity (Wildman–Crippen MR) is 61.4 cm³/mol. The molecule has 1 aromatic heterocycles. The van der Waals surface area contributed by atoms with Gasteiger partial charge in [0.05, 0.1) is 19.1 Å². The van der Waals surface area contributed by atoms with Gasteiger partial charge in [0.2, 0.25) is 0 Å². The highest BCUT2D eigenvalue weighted by Crippen LogP contribution is 2.40. The van der Waals surface area contributed by atoms with Gasteiger partial charge in [-0.3, -0.25) is 0 Å². The Labute approximate surface area is 98.6 Å². The Morgan fingerprint density at radius 2 is 1.46 bits per heavy atom. The zero-order valence-corrected chi connectivity index (χ0v) is 10.9. The van der Waals surface area contributed by atoms with Gasteiger partial charge in [0, 0.05) is 0 Å². The van der Waals surface area contributed by atoms with Gasteiger partial charge in [-0.2, -0.15) is 15.4 Å². The van der Waals surface area contributed by atoms with Gasteiger partial charge < -0.3 is 5.73 Å². The highest BCUT2D eigenvalue weighted by atomic mass is 79.9. The van der Waals surface area contributed by atoms with Crippen molar-refractivity contribution in [1.29, 1.82) is 0 Å². The van der Waals surface area contributed by atoms with Crippen molar-refractivity contribution in [3.8, 4) is 0 Å². The van der Waals surface area contributed by atoms with Gasteiger partial charge in [-0.15, -0.1) is 0 Å². The lowest BCUT2D eigenvalue weighted by Gasteiger charge is -2.03. The largest absolute Gasteiger partial charge is 0.397 e. The second-order valence-electron chi connectivity index (χ2n) is 2.38. The summed E-state index contributed by atoms with van der Waals surface area (Å²) in [6.45, 7) is 0. The van der Waals surface area contributed by atoms with E-state index in [-0.39, 0.29) is 0 Å². The molecule has 68 valence electrons. The molecular weight excluding hydrogens is 368 g/mol. The normalized spacial score (nSPS) is 11.0. The summed E-state index contributed by atoms with van der Waals surface area (Å²) in [6, 6.07) is 0. The fraction of sp³-hybridized carbons (Fsp3) is 0. The topological polar surface area (TPSA) is 67.6 Å². The Kier molecular flexibility index (Phi) is 2.33. The van der Waals surface area contributed by atoms with Crippen molar-refractivity contribution in [3.63, 3.8) is 0 Å². The highest BCUT2D eigenvalue weighted by molar-refractivity contribution is 9.13. The lowest BCUT2D eigenvalue weighted by atomic mass is 10.3. The molecular formula is C6H3Br3N4. The number of nitrogens with two attached hydrogens (primary N) is 1. The standard InChI is InChI=1S/C6H3Br3N4/c7-1-2(8)5-6(12-13-11-5)3(9)4(1)10/h10H2,(H,11,12,13). The van der Waals surface area contributed by atoms with E-state index in [0.29, 0.717) is 11.2 Å². The number of anilines is 1. The van der Waals surface area contributed by atoms with Crippen molar-refractivity contribution in [2.45, 2.75) is 0 Å². The second kappa shape index (κ2) is 3.21. The zero-order chi connectivity index (χ0) is 9.59. The molecule has 13 heavy (non-hydrogen) atoms. The molecule has 0 saturated heterocycles. The average Bonchev–Trinajstić information content (AvgIpc) is 2.59. The first kappa shape index (κ1) is 9.42. The summed E-state index contributed by atoms with van der Waals surface area (Å²) in [6.07, 6.45) is 0. The van der Waals surface area contributed by atoms with Crippen LogP contribution in [0.15, 0.2) is 13.4 Å². The van der Waals surface area contributed by atoms with Gasteiger partial charge in [-0.25, -0.2) is 0 Å². The molecule has 7 heteroatoms. The Morgan fingerprint density at radius 1 is 0.923 bits per heavy atom. The predicted octanol–water partition coefficient (Wildman–Crippen LogP) is 2.83. The van der Waals surface area contributed by atoms with Gasteiger partial charge in [0.15, 0.2) is 0 Å². The third kappa shape index (κ3) is 1.29. The van der Waals surface area contributed by atoms with Crippen LogP contribution in [0.4, 0.5) is 5.69 Å². The van der Waals surface area contributed by atoms with E-state index < -0.39 is 0 Å². The van der Waals surface area contributed by atoms with E-state index in [2.05, 4.69) is 63.2 Å². The first-order valence-electron chi connectivity index (χ1n) is 3.25. The Bertz CT molecular complexity index is 436. The molecule has 0 saturated carbocycles. The monoisotopic (exact) mass is 368 g/mol. The lowest BCUT2D eigenvalue weighted by molar-refractivity contribution is 0.958. The molecule has 1 aromatic carbocycles. The third-order valence-corrected chi connectivity index (χ3v) is 4.56. The van der Waals surface area contributed by atoms with Crippen molar-refractivity contribution in [2.24, 2.45) is 0 Å². The Morgan fingerprint density at radius 3 is 2.08 bits per heavy atom. The molecule has 0 bridgehead atoms. The van der Waals surface area contributed by atoms with E-state index in [1.54, 1.807) is 0 Å². The van der Waals surface area contributed by atoms with E-state index in [9.17, 15) is 0 Å². The summed E-state index contributed by atoms with van der Waals surface area (Å²) in [5.74, 6) is 0. The van der Waals surface area contributed by atoms with Crippen LogP contribution in [0.1, 0.15) is 0 Å². The average molecular weight is 371 g/mol. The second-order valence-corrected chi connectivity index (χ2v) is 4.76. The summed E-state index contributed by atoms with van der Waals surface area (Å²) in [5.41, 5.74) is 7.87. The van der Waals surface area contributed by atoms with Crippen molar-refractivity contribution in [1.82, 2.24) is 15.4 Å². The van der Waals surface area contributed by atoms with Crippen LogP contribution in [0, 0.1) is 0 Å². The van der Waals surface area contributed by atoms with Crippen molar-refractivity contribution in [2.75, 3.05) is 5.73 Å². The minimum absolute atomic E-state index is 0.605. The summed E-state index contributed by atoms with van der Waals surface area (Å²) in [4.78, 5) is 0. The Hall–Kier alpha value is -0.140. The van der Waals surface area contributed by atoms with Crippen molar-refractivity contribution in [3.05, 3.63) is 13.4 Å². The van der Waals surface area contributed by atoms with Crippen LogP contribution in [0.25, 0.3) is 11.0 Å². The van der Waals surface area contributed by atoms with E-state index >= 15 is 0 Å². The number of H-pyrrole nitrogens is 1. The number of hydrogen-bond donors (Lipinski definition) is 2. The number of nitrogens with one attached hydrogen (secondary N) is 1. The van der Waals surface area contributed by atoms with Gasteiger partial charge >= 0.3 is 0 Å². The van der Waals surface area contributed by atoms with E-state index in [4.69, 9.17) is 5.73 Å². The van der Waals surface area contributed by atoms with Crippen LogP contribution >= 0.6 is 47.8 Å². The molecule has 0 unspecified atom stereocenters. The molecule has 0 aliphatic rings. The third-order valence-electron chi connectivity index (χ3n) is 1.63. The molecule has 2 aromatic rings. The number of nitrogens with zero attached hydrogens (tertiary/aromatic N) is 2. The molecule has 0 fully saturated rings. The minimum atomic E-state index is 0.605. The molecule has 0 atom stereocenters. The van der Waals surface area contributed by atoms with Gasteiger partial charge in [0.25, 0.3) is 0 Å². The maximum Gasteiger partial charge on any atom is 0.130 e. The maximum atomic E-state index is 5.80. The smallest absolute Gasteiger partial charge is 0.130 e. The molecule has 0 amide bonds. The maximum absolute atomic E-state index is 5.80. The lowest BCUT2D eigenvalue weighted by Crippen LogP contribution is -1.91. The number of nitrogen functional groups attached to an aromatic ring is 1. The molecule has 1 heterocycles. The first-order valence-corrected chi connectivity index (χ1v) is 5.63. The quantitative estimate of drug-likeness (QED) is 0.553. The van der Waals surface area contributed by atoms with Crippen LogP contribution < -0.4 is 5.73 Å². The first-order chi connectivity index (χ1) is 6.13. The van der Waals surface area contributed by atoms with Gasteiger partial charge in [0.1, 0.15) is 11.0 Å². The summed E-state index contributed by atoms with van der Waals surface area (Å²) < 4.78 is 2.32. The number of aromatic nitrogens is 3. The SMILES string of the molecule is Nc1c(Br)c(Br)c2n[nH]nc2c1Br. The highest BCUT2D eigenvalue weighted by Gasteiger charge is 2.15. The molecule has 3 N–H and O–H groups in total. The summed E-state index contributed by atoms with van der Waals surface area (Å²) >= 11 is 10.1. The Balaban J connectivity index is 3.02. The number of aromatic amines is 1. The summed E-state index contributed by atoms with van der Waals surface area (Å²) in [7, 11) is 0. The van der Waals surface area contributed by atoms with Gasteiger partial charge in [-0.1, -0.05) is 0 Å². The molecule has 0 spiro atoms. The van der Waals surface area contributed by atoms with Crippen LogP contribution in [-0.4, -0.2) is 15.4 Å². The van der Waals surface area contributed by atoms with Crippen LogP contribution in [0.5, 0.6) is 0 Å². The fourth-order valence-corrected chi connectivity index (χ4v) is 2.60. The minimum Gasteiger partial charge on any atom is -0.397 e. The van der Waals surface area contributed by atoms with Crippen molar-refractivity contribution < 1.29 is 0 Å². The fourth-order valence-electron chi connectivity index (χ4n) is 0.983. The number of hydrogen-bond acceptors (Lipinski definition) is 3. The zero-order valence-electron chi connectivity index (χ0n) is 6.11. The number of benzene rings is 1. The molecule has 0 aliphatic carbocycles. The molecule has 4 nitrogen and oxygen atoms in total. The summed E-state index contributed by atoms with van der Waals surface area (Å²) in [5, 5.41) is 10.5. The van der Waals surface area contributed by atoms with E-state index in [0.717, 1.165) is 18.9 Å². The molecule has 0 radical (unpaired) electrons. The van der Waals surface area contributed by atoms with E-state index in [1.807, 2.05) is 0 Å². The van der Waals surface area contributed by atoms with Crippen LogP contribution in [0.3, 0.4) is 0 Å². The van der Waals surface area contributed by atoms with Gasteiger partial charge in [-0.05, 0) is 47.8 Å². The number of halogens is 3. The molecule has 0 aliphatic heterocycles. The van der Waals surface area contributed by atoms with Crippen LogP contribution in [0.2, 0.25) is 0 Å². The number of rotatable bonds is 0. The number of fused-ring (bicyclic) bond motifs is 1. The van der Waals surface area contributed by atoms with E-state index in [1.165, 1.54) is 0 Å². The molecule has 2 rings (SSSR count). The van der Waals surface area contributed by atoms with Crippen LogP contribution in [-0.2, 0) is 0 Å². The van der Waals surface area contributed by atoms with Crippen molar-refractivity contribution >= 4 is 64.5 Å².